The molecule has 0 N–H and O–H groups in total. The van der Waals surface area contributed by atoms with Crippen LogP contribution in [0, 0.1) is 12.7 Å². The molecule has 0 aliphatic carbocycles. The Morgan fingerprint density at radius 1 is 1.14 bits per heavy atom. The molecule has 0 spiro atoms. The normalized spacial score (nSPS) is 11.5. The Labute approximate surface area is 208 Å². The maximum absolute atomic E-state index is 14.4. The lowest BCUT2D eigenvalue weighted by Crippen LogP contribution is -2.27. The van der Waals surface area contributed by atoms with Crippen molar-refractivity contribution in [1.29, 1.82) is 0 Å². The van der Waals surface area contributed by atoms with E-state index in [1.165, 1.54) is 30.3 Å². The molecule has 2 aromatic heterocycles. The number of carbonyl (C=O) groups is 1. The molecule has 188 valence electrons. The predicted octanol–water partition coefficient (Wildman–Crippen LogP) is 3.41. The zero-order chi connectivity index (χ0) is 26.2. The zero-order valence-electron chi connectivity index (χ0n) is 20.4. The Kier molecular flexibility index (Phi) is 6.68. The number of ether oxygens (including phenoxy) is 2. The number of amides is 1. The molecule has 0 saturated heterocycles. The van der Waals surface area contributed by atoms with Gasteiger partial charge in [-0.25, -0.2) is 22.8 Å². The first-order valence-corrected chi connectivity index (χ1v) is 12.8. The largest absolute Gasteiger partial charge is 0.494 e. The number of sulfone groups is 1. The minimum absolute atomic E-state index is 0.0663. The molecule has 4 aromatic rings. The summed E-state index contributed by atoms with van der Waals surface area (Å²) in [6.45, 7) is 1.53. The second-order valence-electron chi connectivity index (χ2n) is 8.39. The third-order valence-electron chi connectivity index (χ3n) is 5.56. The smallest absolute Gasteiger partial charge is 0.259 e. The first-order valence-electron chi connectivity index (χ1n) is 10.9. The lowest BCUT2D eigenvalue weighted by Gasteiger charge is -2.12. The summed E-state index contributed by atoms with van der Waals surface area (Å²) in [6, 6.07) is 11.2. The van der Waals surface area contributed by atoms with Gasteiger partial charge in [-0.1, -0.05) is 6.07 Å². The minimum atomic E-state index is -3.63. The van der Waals surface area contributed by atoms with Crippen molar-refractivity contribution in [2.75, 3.05) is 34.1 Å². The molecule has 0 aliphatic rings. The second kappa shape index (κ2) is 9.57. The molecule has 11 heteroatoms. The van der Waals surface area contributed by atoms with Crippen molar-refractivity contribution < 1.29 is 27.1 Å². The number of likely N-dealkylation sites (N-methyl/N-ethyl adjacent to an activating group) is 1. The number of fused-ring (bicyclic) bond motifs is 1. The monoisotopic (exact) mass is 512 g/mol. The van der Waals surface area contributed by atoms with E-state index in [4.69, 9.17) is 9.47 Å². The first kappa shape index (κ1) is 25.1. The summed E-state index contributed by atoms with van der Waals surface area (Å²) < 4.78 is 51.8. The summed E-state index contributed by atoms with van der Waals surface area (Å²) in [6.07, 6.45) is 2.59. The zero-order valence-corrected chi connectivity index (χ0v) is 21.3. The fraction of sp³-hybridized carbons (Fsp3) is 0.240. The summed E-state index contributed by atoms with van der Waals surface area (Å²) in [5, 5.41) is 0.365. The van der Waals surface area contributed by atoms with Crippen molar-refractivity contribution in [1.82, 2.24) is 19.4 Å². The lowest BCUT2D eigenvalue weighted by atomic mass is 10.2. The van der Waals surface area contributed by atoms with E-state index in [2.05, 4.69) is 9.97 Å². The molecule has 4 rings (SSSR count). The number of carbonyl (C=O) groups excluding carboxylic acids is 1. The van der Waals surface area contributed by atoms with Crippen molar-refractivity contribution in [3.05, 3.63) is 60.2 Å². The van der Waals surface area contributed by atoms with Crippen molar-refractivity contribution in [3.8, 4) is 28.6 Å². The van der Waals surface area contributed by atoms with Crippen LogP contribution in [0.5, 0.6) is 11.5 Å². The van der Waals surface area contributed by atoms with E-state index < -0.39 is 15.7 Å². The molecule has 0 radical (unpaired) electrons. The van der Waals surface area contributed by atoms with Gasteiger partial charge in [-0.3, -0.25) is 9.36 Å². The van der Waals surface area contributed by atoms with Gasteiger partial charge in [0.25, 0.3) is 5.91 Å². The van der Waals surface area contributed by atoms with Crippen LogP contribution in [0.1, 0.15) is 5.69 Å². The number of aromatic nitrogens is 3. The molecular weight excluding hydrogens is 487 g/mol. The number of halogens is 1. The van der Waals surface area contributed by atoms with Crippen molar-refractivity contribution >= 4 is 26.8 Å². The minimum Gasteiger partial charge on any atom is -0.494 e. The highest BCUT2D eigenvalue weighted by atomic mass is 32.2. The third-order valence-corrected chi connectivity index (χ3v) is 6.67. The van der Waals surface area contributed by atoms with Gasteiger partial charge in [-0.2, -0.15) is 0 Å². The van der Waals surface area contributed by atoms with Crippen LogP contribution in [0.3, 0.4) is 0 Å². The van der Waals surface area contributed by atoms with Crippen molar-refractivity contribution in [2.24, 2.45) is 0 Å². The van der Waals surface area contributed by atoms with Gasteiger partial charge in [0, 0.05) is 38.2 Å². The van der Waals surface area contributed by atoms with Gasteiger partial charge < -0.3 is 14.4 Å². The molecule has 0 fully saturated rings. The van der Waals surface area contributed by atoms with Gasteiger partial charge in [-0.15, -0.1) is 0 Å². The SMILES string of the molecule is COc1ccc(-c2nc(C)c3c(S(C)(=O)=O)cn(-c4cccc(OCC(=O)N(C)C)c4)c3n2)cc1F. The maximum Gasteiger partial charge on any atom is 0.259 e. The highest BCUT2D eigenvalue weighted by molar-refractivity contribution is 7.91. The summed E-state index contributed by atoms with van der Waals surface area (Å²) >= 11 is 0. The fourth-order valence-corrected chi connectivity index (χ4v) is 4.58. The second-order valence-corrected chi connectivity index (χ2v) is 10.4. The first-order chi connectivity index (χ1) is 17.0. The van der Waals surface area contributed by atoms with Gasteiger partial charge in [0.15, 0.2) is 33.8 Å². The molecule has 0 unspecified atom stereocenters. The molecule has 0 bridgehead atoms. The number of hydrogen-bond donors (Lipinski definition) is 0. The fourth-order valence-electron chi connectivity index (χ4n) is 3.67. The maximum atomic E-state index is 14.4. The predicted molar refractivity (Wildman–Crippen MR) is 133 cm³/mol. The number of aryl methyl sites for hydroxylation is 1. The average Bonchev–Trinajstić information content (AvgIpc) is 3.23. The molecule has 2 aromatic carbocycles. The quantitative estimate of drug-likeness (QED) is 0.374. The molecule has 1 amide bonds. The Bertz CT molecular complexity index is 1580. The van der Waals surface area contributed by atoms with E-state index >= 15 is 0 Å². The number of methoxy groups -OCH3 is 1. The highest BCUT2D eigenvalue weighted by Gasteiger charge is 2.23. The number of hydrogen-bond acceptors (Lipinski definition) is 7. The molecule has 0 atom stereocenters. The topological polar surface area (TPSA) is 104 Å². The van der Waals surface area contributed by atoms with Crippen LogP contribution in [-0.2, 0) is 14.6 Å². The van der Waals surface area contributed by atoms with E-state index in [0.29, 0.717) is 33.7 Å². The Morgan fingerprint density at radius 3 is 2.53 bits per heavy atom. The highest BCUT2D eigenvalue weighted by Crippen LogP contribution is 2.32. The van der Waals surface area contributed by atoms with Gasteiger partial charge >= 0.3 is 0 Å². The third kappa shape index (κ3) is 4.87. The van der Waals surface area contributed by atoms with Crippen LogP contribution in [0.25, 0.3) is 28.1 Å². The van der Waals surface area contributed by atoms with Gasteiger partial charge in [0.2, 0.25) is 0 Å². The molecule has 0 aliphatic heterocycles. The standard InChI is InChI=1S/C25H25FN4O5S/c1-15-23-21(36(5,32)33)13-30(17-7-6-8-18(12-17)35-14-22(31)29(2)3)25(23)28-24(27-15)16-9-10-20(34-4)19(26)11-16/h6-13H,14H2,1-5H3. The van der Waals surface area contributed by atoms with Gasteiger partial charge in [-0.05, 0) is 37.3 Å². The van der Waals surface area contributed by atoms with Gasteiger partial charge in [0.1, 0.15) is 11.4 Å². The molecular formula is C25H25FN4O5S. The van der Waals surface area contributed by atoms with Crippen molar-refractivity contribution in [2.45, 2.75) is 11.8 Å². The van der Waals surface area contributed by atoms with Gasteiger partial charge in [0.05, 0.1) is 28.8 Å². The number of rotatable bonds is 7. The number of benzene rings is 2. The lowest BCUT2D eigenvalue weighted by molar-refractivity contribution is -0.130. The van der Waals surface area contributed by atoms with Crippen LogP contribution in [-0.4, -0.2) is 67.8 Å². The van der Waals surface area contributed by atoms with E-state index in [-0.39, 0.29) is 29.0 Å². The van der Waals surface area contributed by atoms with Crippen LogP contribution < -0.4 is 9.47 Å². The van der Waals surface area contributed by atoms with Crippen LogP contribution in [0.2, 0.25) is 0 Å². The molecule has 36 heavy (non-hydrogen) atoms. The summed E-state index contributed by atoms with van der Waals surface area (Å²) in [4.78, 5) is 22.5. The van der Waals surface area contributed by atoms with E-state index in [9.17, 15) is 17.6 Å². The molecule has 9 nitrogen and oxygen atoms in total. The number of nitrogens with zero attached hydrogens (tertiary/aromatic N) is 4. The summed E-state index contributed by atoms with van der Waals surface area (Å²) in [5.74, 6) is -0.0333. The van der Waals surface area contributed by atoms with Crippen molar-refractivity contribution in [3.63, 3.8) is 0 Å². The Hall–Kier alpha value is -3.99. The summed E-state index contributed by atoms with van der Waals surface area (Å²) in [5.41, 5.74) is 1.73. The summed E-state index contributed by atoms with van der Waals surface area (Å²) in [7, 11) is 1.01. The van der Waals surface area contributed by atoms with Crippen LogP contribution >= 0.6 is 0 Å². The average molecular weight is 513 g/mol. The van der Waals surface area contributed by atoms with Crippen LogP contribution in [0.15, 0.2) is 53.6 Å². The Morgan fingerprint density at radius 2 is 1.89 bits per heavy atom. The van der Waals surface area contributed by atoms with Crippen LogP contribution in [0.4, 0.5) is 4.39 Å². The van der Waals surface area contributed by atoms with E-state index in [1.54, 1.807) is 55.9 Å². The van der Waals surface area contributed by atoms with E-state index in [0.717, 1.165) is 6.26 Å². The molecule has 2 heterocycles. The molecule has 0 saturated carbocycles. The Balaban J connectivity index is 1.88. The van der Waals surface area contributed by atoms with E-state index in [1.807, 2.05) is 0 Å².